The number of rotatable bonds is 4. The van der Waals surface area contributed by atoms with Gasteiger partial charge in [0.25, 0.3) is 0 Å². The molecule has 2 aliphatic carbocycles. The number of likely N-dealkylation sites (tertiary alicyclic amines) is 1. The molecule has 0 aromatic rings. The molecule has 17 heavy (non-hydrogen) atoms. The summed E-state index contributed by atoms with van der Waals surface area (Å²) in [6, 6.07) is 1.69. The maximum atomic E-state index is 3.69. The fourth-order valence-electron chi connectivity index (χ4n) is 3.96. The second-order valence-corrected chi connectivity index (χ2v) is 7.68. The van der Waals surface area contributed by atoms with Crippen LogP contribution < -0.4 is 5.32 Å². The van der Waals surface area contributed by atoms with Gasteiger partial charge in [-0.3, -0.25) is 4.90 Å². The zero-order valence-electron chi connectivity index (χ0n) is 11.9. The van der Waals surface area contributed by atoms with Crippen molar-refractivity contribution in [3.05, 3.63) is 0 Å². The van der Waals surface area contributed by atoms with Gasteiger partial charge in [-0.25, -0.2) is 0 Å². The van der Waals surface area contributed by atoms with Gasteiger partial charge in [-0.05, 0) is 49.1 Å². The molecule has 1 saturated heterocycles. The van der Waals surface area contributed by atoms with Gasteiger partial charge in [0, 0.05) is 18.6 Å². The van der Waals surface area contributed by atoms with E-state index in [1.165, 1.54) is 38.9 Å². The second-order valence-electron chi connectivity index (χ2n) is 7.68. The fraction of sp³-hybridized carbons (Fsp3) is 1.00. The van der Waals surface area contributed by atoms with Crippen molar-refractivity contribution >= 4 is 0 Å². The highest BCUT2D eigenvalue weighted by atomic mass is 15.2. The topological polar surface area (TPSA) is 15.3 Å². The lowest BCUT2D eigenvalue weighted by molar-refractivity contribution is 0.266. The summed E-state index contributed by atoms with van der Waals surface area (Å²) in [5.41, 5.74) is 1.04. The van der Waals surface area contributed by atoms with Crippen LogP contribution in [0.3, 0.4) is 0 Å². The Hall–Kier alpha value is -0.0800. The molecule has 1 N–H and O–H groups in total. The molecule has 0 aromatic heterocycles. The predicted molar refractivity (Wildman–Crippen MR) is 72.1 cm³/mol. The molecule has 3 fully saturated rings. The van der Waals surface area contributed by atoms with Crippen LogP contribution in [0.2, 0.25) is 0 Å². The average Bonchev–Trinajstić information content (AvgIpc) is 3.05. The predicted octanol–water partition coefficient (Wildman–Crippen LogP) is 2.49. The average molecular weight is 236 g/mol. The molecule has 0 amide bonds. The molecule has 0 radical (unpaired) electrons. The van der Waals surface area contributed by atoms with Crippen molar-refractivity contribution in [2.75, 3.05) is 19.6 Å². The minimum absolute atomic E-state index is 0.520. The molecule has 0 spiro atoms. The first-order valence-electron chi connectivity index (χ1n) is 7.40. The lowest BCUT2D eigenvalue weighted by Gasteiger charge is -2.19. The molecular weight excluding hydrogens is 208 g/mol. The van der Waals surface area contributed by atoms with Gasteiger partial charge < -0.3 is 5.32 Å². The molecule has 2 nitrogen and oxygen atoms in total. The summed E-state index contributed by atoms with van der Waals surface area (Å²) in [6.07, 6.45) is 4.24. The smallest absolute Gasteiger partial charge is 0.0209 e. The summed E-state index contributed by atoms with van der Waals surface area (Å²) in [7, 11) is 0. The Labute approximate surface area is 106 Å². The molecule has 0 bridgehead atoms. The molecule has 3 rings (SSSR count). The maximum absolute atomic E-state index is 3.69. The van der Waals surface area contributed by atoms with E-state index in [2.05, 4.69) is 37.9 Å². The van der Waals surface area contributed by atoms with Crippen LogP contribution >= 0.6 is 0 Å². The van der Waals surface area contributed by atoms with Crippen LogP contribution in [0.1, 0.15) is 47.0 Å². The quantitative estimate of drug-likeness (QED) is 0.807. The Morgan fingerprint density at radius 2 is 1.71 bits per heavy atom. The standard InChI is InChI=1S/C15H28N2/c1-14(2)13(15(14,3)4)17-8-7-11(10-17)9-16-12-5-6-12/h11-13,16H,5-10H2,1-4H3. The third kappa shape index (κ3) is 1.94. The summed E-state index contributed by atoms with van der Waals surface area (Å²) < 4.78 is 0. The largest absolute Gasteiger partial charge is 0.314 e. The van der Waals surface area contributed by atoms with Crippen molar-refractivity contribution < 1.29 is 0 Å². The maximum Gasteiger partial charge on any atom is 0.0209 e. The van der Waals surface area contributed by atoms with Crippen LogP contribution in [0.5, 0.6) is 0 Å². The van der Waals surface area contributed by atoms with Gasteiger partial charge in [0.1, 0.15) is 0 Å². The van der Waals surface area contributed by atoms with Crippen LogP contribution in [0.15, 0.2) is 0 Å². The summed E-state index contributed by atoms with van der Waals surface area (Å²) in [4.78, 5) is 2.76. The minimum atomic E-state index is 0.520. The normalized spacial score (nSPS) is 36.4. The van der Waals surface area contributed by atoms with E-state index in [-0.39, 0.29) is 0 Å². The van der Waals surface area contributed by atoms with E-state index in [1.54, 1.807) is 0 Å². The Bertz CT molecular complexity index is 290. The van der Waals surface area contributed by atoms with Crippen LogP contribution in [0.4, 0.5) is 0 Å². The van der Waals surface area contributed by atoms with Crippen LogP contribution in [-0.2, 0) is 0 Å². The summed E-state index contributed by atoms with van der Waals surface area (Å²) >= 11 is 0. The molecule has 3 aliphatic rings. The fourth-order valence-corrected chi connectivity index (χ4v) is 3.96. The molecule has 98 valence electrons. The van der Waals surface area contributed by atoms with Crippen molar-refractivity contribution in [1.29, 1.82) is 0 Å². The Balaban J connectivity index is 1.50. The van der Waals surface area contributed by atoms with Crippen LogP contribution in [-0.4, -0.2) is 36.6 Å². The third-order valence-electron chi connectivity index (χ3n) is 5.90. The molecule has 2 saturated carbocycles. The van der Waals surface area contributed by atoms with E-state index < -0.39 is 0 Å². The molecule has 2 heteroatoms. The first-order chi connectivity index (χ1) is 7.93. The highest BCUT2D eigenvalue weighted by Gasteiger charge is 2.67. The van der Waals surface area contributed by atoms with Gasteiger partial charge in [0.05, 0.1) is 0 Å². The number of hydrogen-bond acceptors (Lipinski definition) is 2. The first kappa shape index (κ1) is 12.0. The molecule has 1 unspecified atom stereocenters. The zero-order chi connectivity index (χ0) is 12.3. The SMILES string of the molecule is CC1(C)C(N2CCC(CNC3CC3)C2)C1(C)C. The third-order valence-corrected chi connectivity index (χ3v) is 5.90. The number of hydrogen-bond donors (Lipinski definition) is 1. The molecule has 0 aromatic carbocycles. The van der Waals surface area contributed by atoms with Gasteiger partial charge in [0.15, 0.2) is 0 Å². The van der Waals surface area contributed by atoms with Gasteiger partial charge in [-0.2, -0.15) is 0 Å². The van der Waals surface area contributed by atoms with Crippen LogP contribution in [0.25, 0.3) is 0 Å². The number of nitrogens with zero attached hydrogens (tertiary/aromatic N) is 1. The number of nitrogens with one attached hydrogen (secondary N) is 1. The van der Waals surface area contributed by atoms with Crippen molar-refractivity contribution in [2.24, 2.45) is 16.7 Å². The molecule has 1 heterocycles. The van der Waals surface area contributed by atoms with Crippen LogP contribution in [0, 0.1) is 16.7 Å². The van der Waals surface area contributed by atoms with E-state index in [0.717, 1.165) is 18.0 Å². The van der Waals surface area contributed by atoms with E-state index in [4.69, 9.17) is 0 Å². The summed E-state index contributed by atoms with van der Waals surface area (Å²) in [6.45, 7) is 13.7. The van der Waals surface area contributed by atoms with Crippen molar-refractivity contribution in [3.63, 3.8) is 0 Å². The van der Waals surface area contributed by atoms with Gasteiger partial charge in [-0.15, -0.1) is 0 Å². The lowest BCUT2D eigenvalue weighted by Crippen LogP contribution is -2.31. The monoisotopic (exact) mass is 236 g/mol. The van der Waals surface area contributed by atoms with Gasteiger partial charge >= 0.3 is 0 Å². The summed E-state index contributed by atoms with van der Waals surface area (Å²) in [5.74, 6) is 0.905. The molecular formula is C15H28N2. The molecule has 1 atom stereocenters. The van der Waals surface area contributed by atoms with Crippen molar-refractivity contribution in [2.45, 2.75) is 59.0 Å². The van der Waals surface area contributed by atoms with Gasteiger partial charge in [-0.1, -0.05) is 27.7 Å². The van der Waals surface area contributed by atoms with Gasteiger partial charge in [0.2, 0.25) is 0 Å². The second kappa shape index (κ2) is 3.71. The van der Waals surface area contributed by atoms with E-state index in [1.807, 2.05) is 0 Å². The minimum Gasteiger partial charge on any atom is -0.314 e. The van der Waals surface area contributed by atoms with Crippen molar-refractivity contribution in [1.82, 2.24) is 10.2 Å². The zero-order valence-corrected chi connectivity index (χ0v) is 11.9. The highest BCUT2D eigenvalue weighted by Crippen LogP contribution is 2.65. The Morgan fingerprint density at radius 3 is 2.24 bits per heavy atom. The van der Waals surface area contributed by atoms with E-state index in [9.17, 15) is 0 Å². The van der Waals surface area contributed by atoms with Crippen molar-refractivity contribution in [3.8, 4) is 0 Å². The Morgan fingerprint density at radius 1 is 1.06 bits per heavy atom. The summed E-state index contributed by atoms with van der Waals surface area (Å²) in [5, 5.41) is 3.69. The highest BCUT2D eigenvalue weighted by molar-refractivity contribution is 5.19. The Kier molecular flexibility index (Phi) is 2.61. The first-order valence-corrected chi connectivity index (χ1v) is 7.40. The van der Waals surface area contributed by atoms with E-state index in [0.29, 0.717) is 10.8 Å². The lowest BCUT2D eigenvalue weighted by atomic mass is 10.0. The van der Waals surface area contributed by atoms with E-state index >= 15 is 0 Å². The molecule has 1 aliphatic heterocycles.